The molecule has 112 valence electrons. The zero-order valence-electron chi connectivity index (χ0n) is 10.9. The highest BCUT2D eigenvalue weighted by atomic mass is 35.5. The molecule has 0 aliphatic carbocycles. The van der Waals surface area contributed by atoms with Gasteiger partial charge in [0, 0.05) is 11.1 Å². The molecule has 0 heterocycles. The average molecular weight is 347 g/mol. The number of methoxy groups -OCH3 is 1. The molecule has 8 heteroatoms. The fourth-order valence-corrected chi connectivity index (χ4v) is 3.34. The number of ether oxygens (including phenoxy) is 1. The number of nitrogens with one attached hydrogen (secondary N) is 1. The van der Waals surface area contributed by atoms with Crippen molar-refractivity contribution in [2.75, 3.05) is 17.6 Å². The van der Waals surface area contributed by atoms with Crippen molar-refractivity contribution in [1.82, 2.24) is 0 Å². The zero-order chi connectivity index (χ0) is 15.6. The molecule has 0 saturated carbocycles. The number of hydrogen-bond acceptors (Lipinski definition) is 4. The number of halogens is 2. The maximum atomic E-state index is 12.4. The number of hydrogen-bond donors (Lipinski definition) is 2. The van der Waals surface area contributed by atoms with Crippen LogP contribution in [0.1, 0.15) is 0 Å². The molecule has 5 nitrogen and oxygen atoms in total. The molecule has 0 radical (unpaired) electrons. The van der Waals surface area contributed by atoms with Gasteiger partial charge in [0.05, 0.1) is 23.5 Å². The van der Waals surface area contributed by atoms with Crippen LogP contribution in [0.25, 0.3) is 0 Å². The van der Waals surface area contributed by atoms with E-state index >= 15 is 0 Å². The van der Waals surface area contributed by atoms with Gasteiger partial charge in [-0.1, -0.05) is 23.2 Å². The molecule has 3 N–H and O–H groups in total. The van der Waals surface area contributed by atoms with E-state index in [-0.39, 0.29) is 26.3 Å². The number of benzene rings is 2. The molecule has 0 aliphatic rings. The fourth-order valence-electron chi connectivity index (χ4n) is 1.65. The third kappa shape index (κ3) is 3.53. The smallest absolute Gasteiger partial charge is 0.264 e. The first kappa shape index (κ1) is 15.8. The van der Waals surface area contributed by atoms with Gasteiger partial charge in [0.2, 0.25) is 0 Å². The van der Waals surface area contributed by atoms with Crippen molar-refractivity contribution >= 4 is 44.6 Å². The standard InChI is InChI=1S/C13H12Cl2N2O3S/c1-20-9-3-4-10(15)12(7-9)17-21(18,19)13-6-8(14)2-5-11(13)16/h2-7,17H,16H2,1H3. The van der Waals surface area contributed by atoms with Gasteiger partial charge in [0.25, 0.3) is 10.0 Å². The number of nitrogen functional groups attached to an aromatic ring is 1. The third-order valence-electron chi connectivity index (χ3n) is 2.68. The molecule has 2 rings (SSSR count). The van der Waals surface area contributed by atoms with Crippen molar-refractivity contribution in [1.29, 1.82) is 0 Å². The molecular weight excluding hydrogens is 335 g/mol. The summed E-state index contributed by atoms with van der Waals surface area (Å²) in [5, 5.41) is 0.501. The summed E-state index contributed by atoms with van der Waals surface area (Å²) in [5.41, 5.74) is 5.97. The normalized spacial score (nSPS) is 11.2. The summed E-state index contributed by atoms with van der Waals surface area (Å²) in [5.74, 6) is 0.469. The maximum absolute atomic E-state index is 12.4. The van der Waals surface area contributed by atoms with Crippen LogP contribution >= 0.6 is 23.2 Å². The van der Waals surface area contributed by atoms with Gasteiger partial charge in [-0.05, 0) is 30.3 Å². The first-order chi connectivity index (χ1) is 9.83. The zero-order valence-corrected chi connectivity index (χ0v) is 13.3. The van der Waals surface area contributed by atoms with Crippen LogP contribution in [0.15, 0.2) is 41.3 Å². The molecule has 0 fully saturated rings. The van der Waals surface area contributed by atoms with E-state index in [4.69, 9.17) is 33.7 Å². The Bertz CT molecular complexity index is 779. The quantitative estimate of drug-likeness (QED) is 0.831. The predicted octanol–water partition coefficient (Wildman–Crippen LogP) is 3.39. The molecule has 2 aromatic rings. The van der Waals surface area contributed by atoms with E-state index in [1.807, 2.05) is 0 Å². The minimum Gasteiger partial charge on any atom is -0.497 e. The van der Waals surface area contributed by atoms with Crippen molar-refractivity contribution in [3.8, 4) is 5.75 Å². The third-order valence-corrected chi connectivity index (χ3v) is 4.67. The number of nitrogens with two attached hydrogens (primary N) is 1. The Morgan fingerprint density at radius 1 is 1.14 bits per heavy atom. The van der Waals surface area contributed by atoms with Gasteiger partial charge < -0.3 is 10.5 Å². The van der Waals surface area contributed by atoms with Gasteiger partial charge in [-0.25, -0.2) is 8.42 Å². The maximum Gasteiger partial charge on any atom is 0.264 e. The molecule has 0 amide bonds. The highest BCUT2D eigenvalue weighted by Crippen LogP contribution is 2.30. The summed E-state index contributed by atoms with van der Waals surface area (Å²) >= 11 is 11.8. The average Bonchev–Trinajstić information content (AvgIpc) is 2.43. The summed E-state index contributed by atoms with van der Waals surface area (Å²) < 4.78 is 32.2. The lowest BCUT2D eigenvalue weighted by Gasteiger charge is -2.12. The van der Waals surface area contributed by atoms with E-state index in [0.29, 0.717) is 5.75 Å². The topological polar surface area (TPSA) is 81.4 Å². The second-order valence-electron chi connectivity index (χ2n) is 4.13. The second-order valence-corrected chi connectivity index (χ2v) is 6.63. The van der Waals surface area contributed by atoms with Gasteiger partial charge >= 0.3 is 0 Å². The predicted molar refractivity (Wildman–Crippen MR) is 84.7 cm³/mol. The van der Waals surface area contributed by atoms with Gasteiger partial charge in [0.1, 0.15) is 10.6 Å². The molecule has 0 aromatic heterocycles. The van der Waals surface area contributed by atoms with Gasteiger partial charge in [-0.3, -0.25) is 4.72 Å². The van der Waals surface area contributed by atoms with E-state index in [0.717, 1.165) is 0 Å². The fraction of sp³-hybridized carbons (Fsp3) is 0.0769. The molecule has 0 unspecified atom stereocenters. The van der Waals surface area contributed by atoms with Crippen LogP contribution < -0.4 is 15.2 Å². The largest absolute Gasteiger partial charge is 0.497 e. The van der Waals surface area contributed by atoms with Gasteiger partial charge in [0.15, 0.2) is 0 Å². The molecule has 0 atom stereocenters. The number of anilines is 2. The molecule has 0 bridgehead atoms. The Balaban J connectivity index is 2.44. The monoisotopic (exact) mass is 346 g/mol. The number of rotatable bonds is 4. The van der Waals surface area contributed by atoms with E-state index in [2.05, 4.69) is 4.72 Å². The van der Waals surface area contributed by atoms with Gasteiger partial charge in [-0.15, -0.1) is 0 Å². The molecular formula is C13H12Cl2N2O3S. The summed E-state index contributed by atoms with van der Waals surface area (Å²) in [7, 11) is -2.44. The lowest BCUT2D eigenvalue weighted by atomic mass is 10.3. The summed E-state index contributed by atoms with van der Waals surface area (Å²) in [6.45, 7) is 0. The highest BCUT2D eigenvalue weighted by Gasteiger charge is 2.19. The molecule has 0 aliphatic heterocycles. The minimum atomic E-state index is -3.91. The molecule has 0 spiro atoms. The lowest BCUT2D eigenvalue weighted by Crippen LogP contribution is -2.15. The first-order valence-corrected chi connectivity index (χ1v) is 7.99. The lowest BCUT2D eigenvalue weighted by molar-refractivity contribution is 0.415. The van der Waals surface area contributed by atoms with E-state index in [9.17, 15) is 8.42 Å². The molecule has 21 heavy (non-hydrogen) atoms. The summed E-state index contributed by atoms with van der Waals surface area (Å²) in [6.07, 6.45) is 0. The van der Waals surface area contributed by atoms with Crippen molar-refractivity contribution in [2.45, 2.75) is 4.90 Å². The van der Waals surface area contributed by atoms with Crippen LogP contribution in [-0.4, -0.2) is 15.5 Å². The van der Waals surface area contributed by atoms with Crippen molar-refractivity contribution in [3.63, 3.8) is 0 Å². The van der Waals surface area contributed by atoms with Crippen LogP contribution in [0.5, 0.6) is 5.75 Å². The Morgan fingerprint density at radius 2 is 1.86 bits per heavy atom. The van der Waals surface area contributed by atoms with E-state index in [1.54, 1.807) is 6.07 Å². The van der Waals surface area contributed by atoms with Crippen LogP contribution in [0.2, 0.25) is 10.0 Å². The first-order valence-electron chi connectivity index (χ1n) is 5.75. The SMILES string of the molecule is COc1ccc(Cl)c(NS(=O)(=O)c2cc(Cl)ccc2N)c1. The summed E-state index contributed by atoms with van der Waals surface area (Å²) in [6, 6.07) is 8.82. The number of sulfonamides is 1. The summed E-state index contributed by atoms with van der Waals surface area (Å²) in [4.78, 5) is -0.117. The molecule has 2 aromatic carbocycles. The molecule has 0 saturated heterocycles. The Hall–Kier alpha value is -1.63. The van der Waals surface area contributed by atoms with Crippen molar-refractivity contribution < 1.29 is 13.2 Å². The van der Waals surface area contributed by atoms with Crippen molar-refractivity contribution in [3.05, 3.63) is 46.4 Å². The second kappa shape index (κ2) is 6.01. The van der Waals surface area contributed by atoms with E-state index in [1.165, 1.54) is 37.4 Å². The Labute approximate surface area is 132 Å². The van der Waals surface area contributed by atoms with Gasteiger partial charge in [-0.2, -0.15) is 0 Å². The van der Waals surface area contributed by atoms with Crippen molar-refractivity contribution in [2.24, 2.45) is 0 Å². The van der Waals surface area contributed by atoms with Crippen LogP contribution in [-0.2, 0) is 10.0 Å². The highest BCUT2D eigenvalue weighted by molar-refractivity contribution is 7.92. The van der Waals surface area contributed by atoms with Crippen LogP contribution in [0, 0.1) is 0 Å². The minimum absolute atomic E-state index is 0.0888. The van der Waals surface area contributed by atoms with Crippen LogP contribution in [0.3, 0.4) is 0 Å². The Morgan fingerprint density at radius 3 is 2.52 bits per heavy atom. The van der Waals surface area contributed by atoms with E-state index < -0.39 is 10.0 Å². The Kier molecular flexibility index (Phi) is 4.51. The van der Waals surface area contributed by atoms with Crippen LogP contribution in [0.4, 0.5) is 11.4 Å².